The summed E-state index contributed by atoms with van der Waals surface area (Å²) in [6.07, 6.45) is 2.44. The maximum Gasteiger partial charge on any atom is 0.406 e. The zero-order chi connectivity index (χ0) is 8.69. The van der Waals surface area contributed by atoms with E-state index in [1.54, 1.807) is 0 Å². The van der Waals surface area contributed by atoms with Crippen LogP contribution in [0.15, 0.2) is 0 Å². The Hall–Kier alpha value is -0.0135. The van der Waals surface area contributed by atoms with Gasteiger partial charge < -0.3 is 26.7 Å². The smallest absolute Gasteiger partial charge is 0.406 e. The van der Waals surface area contributed by atoms with Gasteiger partial charge in [0.2, 0.25) is 0 Å². The molecule has 0 atom stereocenters. The molecular formula is C4B2O5W2-2. The van der Waals surface area contributed by atoms with E-state index in [1.807, 2.05) is 0 Å². The van der Waals surface area contributed by atoms with Gasteiger partial charge in [0, 0.05) is 42.1 Å². The van der Waals surface area contributed by atoms with E-state index in [-0.39, 0.29) is 42.1 Å². The summed E-state index contributed by atoms with van der Waals surface area (Å²) in [6, 6.07) is 0. The third-order valence-corrected chi connectivity index (χ3v) is 0.555. The third-order valence-electron chi connectivity index (χ3n) is 0.555. The molecule has 9 heteroatoms. The molecule has 2 radical (unpaired) electrons. The molecule has 0 aliphatic carbocycles. The van der Waals surface area contributed by atoms with Gasteiger partial charge in [-0.15, -0.1) is 0 Å². The summed E-state index contributed by atoms with van der Waals surface area (Å²) in [7, 11) is 1.53. The number of ether oxygens (including phenoxy) is 1. The first-order valence-corrected chi connectivity index (χ1v) is 2.38. The van der Waals surface area contributed by atoms with Crippen molar-refractivity contribution in [3.8, 4) is 0 Å². The molecule has 1 rings (SSSR count). The molecule has 1 aliphatic heterocycles. The van der Waals surface area contributed by atoms with E-state index < -0.39 is 11.7 Å². The van der Waals surface area contributed by atoms with Crippen LogP contribution < -0.4 is 0 Å². The van der Waals surface area contributed by atoms with E-state index in [9.17, 15) is 9.59 Å². The normalized spacial score (nSPS) is 10.5. The Morgan fingerprint density at radius 3 is 1.38 bits per heavy atom. The summed E-state index contributed by atoms with van der Waals surface area (Å²) in [5.74, 6) is -1.08. The topological polar surface area (TPSA) is 77.5 Å². The first-order chi connectivity index (χ1) is 5.20. The molecule has 13 heavy (non-hydrogen) atoms. The van der Waals surface area contributed by atoms with Crippen LogP contribution in [0.3, 0.4) is 0 Å². The molecule has 0 aromatic carbocycles. The molecule has 1 heterocycles. The number of hydrogen-bond donors (Lipinski definition) is 0. The Kier molecular flexibility index (Phi) is 17.3. The summed E-state index contributed by atoms with van der Waals surface area (Å²) in [5.41, 5.74) is 0. The summed E-state index contributed by atoms with van der Waals surface area (Å²) in [4.78, 5) is 37.1. The summed E-state index contributed by atoms with van der Waals surface area (Å²) >= 11 is 0. The zero-order valence-electron chi connectivity index (χ0n) is 6.01. The maximum absolute atomic E-state index is 9.61. The van der Waals surface area contributed by atoms with Gasteiger partial charge in [0.25, 0.3) is 11.7 Å². The number of carbonyl (C=O) groups is 2. The number of carbonyl (C=O) groups excluding carboxylic acids is 4. The average molecular weight is 517 g/mol. The van der Waals surface area contributed by atoms with Gasteiger partial charge in [0.05, 0.1) is 0 Å². The van der Waals surface area contributed by atoms with Crippen molar-refractivity contribution in [1.82, 2.24) is 0 Å². The van der Waals surface area contributed by atoms with E-state index in [1.165, 1.54) is 12.4 Å². The van der Waals surface area contributed by atoms with Gasteiger partial charge in [-0.2, -0.15) is 0 Å². The van der Waals surface area contributed by atoms with Crippen LogP contribution in [0.5, 0.6) is 0 Å². The minimum Gasteiger partial charge on any atom is -0.551 e. The van der Waals surface area contributed by atoms with Crippen molar-refractivity contribution in [3.63, 3.8) is 0 Å². The second-order valence-corrected chi connectivity index (χ2v) is 1.26. The van der Waals surface area contributed by atoms with Gasteiger partial charge in [0.1, 0.15) is 0 Å². The van der Waals surface area contributed by atoms with Crippen LogP contribution in [-0.4, -0.2) is 38.7 Å². The van der Waals surface area contributed by atoms with Crippen LogP contribution in [0, 0.1) is 0 Å². The van der Waals surface area contributed by atoms with Crippen molar-refractivity contribution in [1.29, 1.82) is 0 Å². The van der Waals surface area contributed by atoms with Crippen LogP contribution >= 0.6 is 0 Å². The first kappa shape index (κ1) is 18.7. The second kappa shape index (κ2) is 12.0. The quantitative estimate of drug-likeness (QED) is 0.261. The molecule has 0 aromatic heterocycles. The van der Waals surface area contributed by atoms with Gasteiger partial charge in [0.15, 0.2) is 0 Å². The molecule has 0 bridgehead atoms. The van der Waals surface area contributed by atoms with Crippen molar-refractivity contribution < 1.29 is 66.0 Å². The Morgan fingerprint density at radius 2 is 1.38 bits per heavy atom. The van der Waals surface area contributed by atoms with Gasteiger partial charge in [-0.25, -0.2) is 7.28 Å². The van der Waals surface area contributed by atoms with E-state index in [0.717, 1.165) is 7.28 Å². The molecule has 1 fully saturated rings. The van der Waals surface area contributed by atoms with Crippen LogP contribution in [0.4, 0.5) is 9.59 Å². The minimum absolute atomic E-state index is 0. The van der Waals surface area contributed by atoms with Crippen LogP contribution in [-0.2, 0) is 56.5 Å². The SMILES string of the molecule is O=C1[B]C(=O)O1.O=[C-][B][C-]=O.[W].[W]. The van der Waals surface area contributed by atoms with Gasteiger partial charge in [-0.05, 0) is 0 Å². The fourth-order valence-corrected chi connectivity index (χ4v) is 0.220. The van der Waals surface area contributed by atoms with Gasteiger partial charge >= 0.3 is 7.28 Å². The Bertz CT molecular complexity index is 169. The van der Waals surface area contributed by atoms with E-state index in [0.29, 0.717) is 7.28 Å². The van der Waals surface area contributed by atoms with Crippen LogP contribution in [0.1, 0.15) is 0 Å². The molecular weight excluding hydrogens is 517 g/mol. The van der Waals surface area contributed by atoms with Crippen molar-refractivity contribution in [3.05, 3.63) is 0 Å². The monoisotopic (exact) mass is 518 g/mol. The van der Waals surface area contributed by atoms with Crippen molar-refractivity contribution in [2.24, 2.45) is 0 Å². The molecule has 0 N–H and O–H groups in total. The van der Waals surface area contributed by atoms with E-state index >= 15 is 0 Å². The third kappa shape index (κ3) is 12.0. The summed E-state index contributed by atoms with van der Waals surface area (Å²) < 4.78 is 3.81. The Morgan fingerprint density at radius 1 is 1.08 bits per heavy atom. The largest absolute Gasteiger partial charge is 0.551 e. The molecule has 0 spiro atoms. The number of hydrogen-bond acceptors (Lipinski definition) is 5. The molecule has 0 amide bonds. The molecule has 0 aromatic rings. The van der Waals surface area contributed by atoms with Crippen LogP contribution in [0.2, 0.25) is 0 Å². The predicted molar refractivity (Wildman–Crippen MR) is 34.8 cm³/mol. The predicted octanol–water partition coefficient (Wildman–Crippen LogP) is -1.22. The Labute approximate surface area is 104 Å². The summed E-state index contributed by atoms with van der Waals surface area (Å²) in [5, 5.41) is 0. The van der Waals surface area contributed by atoms with Crippen molar-refractivity contribution in [2.75, 3.05) is 0 Å². The number of cyclic esters (lactones) is 2. The first-order valence-electron chi connectivity index (χ1n) is 2.38. The minimum atomic E-state index is -0.542. The fraction of sp³-hybridized carbons (Fsp3) is 0. The number of rotatable bonds is 2. The summed E-state index contributed by atoms with van der Waals surface area (Å²) in [6.45, 7) is 0. The van der Waals surface area contributed by atoms with Crippen molar-refractivity contribution in [2.45, 2.75) is 0 Å². The second-order valence-electron chi connectivity index (χ2n) is 1.26. The van der Waals surface area contributed by atoms with E-state index in [4.69, 9.17) is 9.59 Å². The molecule has 0 unspecified atom stereocenters. The zero-order valence-corrected chi connectivity index (χ0v) is 11.9. The molecule has 5 nitrogen and oxygen atoms in total. The standard InChI is InChI=1S/C2BO3.C2BO2.2W/c4-1-3-2(5)6-1;4-1-3-2-5;;/q;-2;;. The van der Waals surface area contributed by atoms with Crippen molar-refractivity contribution >= 4 is 38.7 Å². The fourth-order valence-electron chi connectivity index (χ4n) is 0.220. The molecule has 1 saturated heterocycles. The van der Waals surface area contributed by atoms with Gasteiger partial charge in [-0.3, -0.25) is 9.59 Å². The maximum atomic E-state index is 9.61. The molecule has 66 valence electrons. The van der Waals surface area contributed by atoms with Crippen LogP contribution in [0.25, 0.3) is 0 Å². The van der Waals surface area contributed by atoms with E-state index in [2.05, 4.69) is 4.74 Å². The molecule has 1 aliphatic rings. The average Bonchev–Trinajstić information content (AvgIpc) is 1.88. The van der Waals surface area contributed by atoms with Gasteiger partial charge in [-0.1, -0.05) is 0 Å². The Balaban J connectivity index is -0.000000136. The molecule has 0 saturated carbocycles.